The second-order valence-corrected chi connectivity index (χ2v) is 5.49. The molecule has 7 heteroatoms. The molecule has 2 rings (SSSR count). The molecule has 0 aromatic carbocycles. The smallest absolute Gasteiger partial charge is 0.225 e. The summed E-state index contributed by atoms with van der Waals surface area (Å²) in [6, 6.07) is 5.61. The molecule has 5 nitrogen and oxygen atoms in total. The van der Waals surface area contributed by atoms with Gasteiger partial charge in [-0.25, -0.2) is 0 Å². The van der Waals surface area contributed by atoms with Crippen LogP contribution in [0.25, 0.3) is 0 Å². The standard InChI is InChI=1S/C11H13ClN4OS/c1-16(6-7-3-4-8(12)18-7)9-5-10(17-2)15-11(13)14-9/h3-5H,6H2,1-2H3,(H2,13,14,15). The van der Waals surface area contributed by atoms with E-state index in [9.17, 15) is 0 Å². The van der Waals surface area contributed by atoms with Crippen LogP contribution in [0.5, 0.6) is 5.88 Å². The molecule has 96 valence electrons. The van der Waals surface area contributed by atoms with Crippen LogP contribution in [-0.2, 0) is 6.54 Å². The van der Waals surface area contributed by atoms with Gasteiger partial charge in [0.15, 0.2) is 0 Å². The number of ether oxygens (including phenoxy) is 1. The number of methoxy groups -OCH3 is 1. The van der Waals surface area contributed by atoms with Gasteiger partial charge in [0.2, 0.25) is 11.8 Å². The van der Waals surface area contributed by atoms with Gasteiger partial charge in [0.05, 0.1) is 18.0 Å². The van der Waals surface area contributed by atoms with Gasteiger partial charge in [-0.05, 0) is 12.1 Å². The van der Waals surface area contributed by atoms with Crippen molar-refractivity contribution in [3.05, 3.63) is 27.4 Å². The lowest BCUT2D eigenvalue weighted by Gasteiger charge is -2.17. The fourth-order valence-electron chi connectivity index (χ4n) is 1.48. The fraction of sp³-hybridized carbons (Fsp3) is 0.273. The fourth-order valence-corrected chi connectivity index (χ4v) is 2.62. The van der Waals surface area contributed by atoms with E-state index in [1.807, 2.05) is 24.1 Å². The van der Waals surface area contributed by atoms with Crippen molar-refractivity contribution in [2.24, 2.45) is 0 Å². The van der Waals surface area contributed by atoms with Crippen molar-refractivity contribution in [1.29, 1.82) is 0 Å². The number of anilines is 2. The Morgan fingerprint density at radius 3 is 2.83 bits per heavy atom. The van der Waals surface area contributed by atoms with E-state index >= 15 is 0 Å². The molecule has 0 unspecified atom stereocenters. The third-order valence-electron chi connectivity index (χ3n) is 2.33. The molecule has 0 saturated heterocycles. The van der Waals surface area contributed by atoms with Crippen LogP contribution >= 0.6 is 22.9 Å². The van der Waals surface area contributed by atoms with Crippen LogP contribution < -0.4 is 15.4 Å². The van der Waals surface area contributed by atoms with Gasteiger partial charge in [-0.3, -0.25) is 0 Å². The maximum atomic E-state index is 5.90. The molecule has 0 fully saturated rings. The topological polar surface area (TPSA) is 64.3 Å². The van der Waals surface area contributed by atoms with Crippen LogP contribution in [0.1, 0.15) is 4.88 Å². The van der Waals surface area contributed by atoms with E-state index in [0.29, 0.717) is 18.2 Å². The quantitative estimate of drug-likeness (QED) is 0.934. The summed E-state index contributed by atoms with van der Waals surface area (Å²) >= 11 is 7.44. The number of halogens is 1. The molecule has 2 aromatic rings. The first-order chi connectivity index (χ1) is 8.58. The minimum absolute atomic E-state index is 0.195. The highest BCUT2D eigenvalue weighted by molar-refractivity contribution is 7.16. The highest BCUT2D eigenvalue weighted by atomic mass is 35.5. The van der Waals surface area contributed by atoms with E-state index < -0.39 is 0 Å². The zero-order valence-corrected chi connectivity index (χ0v) is 11.6. The van der Waals surface area contributed by atoms with Crippen molar-refractivity contribution >= 4 is 34.7 Å². The predicted octanol–water partition coefficient (Wildman–Crippen LogP) is 2.42. The van der Waals surface area contributed by atoms with E-state index in [4.69, 9.17) is 22.1 Å². The maximum absolute atomic E-state index is 5.90. The molecule has 0 radical (unpaired) electrons. The summed E-state index contributed by atoms with van der Waals surface area (Å²) in [5, 5.41) is 0. The van der Waals surface area contributed by atoms with Gasteiger partial charge >= 0.3 is 0 Å². The summed E-state index contributed by atoms with van der Waals surface area (Å²) in [5.41, 5.74) is 5.62. The maximum Gasteiger partial charge on any atom is 0.225 e. The summed E-state index contributed by atoms with van der Waals surface area (Å²) < 4.78 is 5.84. The van der Waals surface area contributed by atoms with Gasteiger partial charge in [0.25, 0.3) is 0 Å². The zero-order valence-electron chi connectivity index (χ0n) is 10.1. The Balaban J connectivity index is 2.17. The minimum Gasteiger partial charge on any atom is -0.481 e. The number of aromatic nitrogens is 2. The Bertz CT molecular complexity index is 546. The second-order valence-electron chi connectivity index (χ2n) is 3.69. The number of thiophene rings is 1. The van der Waals surface area contributed by atoms with Gasteiger partial charge in [-0.1, -0.05) is 11.6 Å². The minimum atomic E-state index is 0.195. The Hall–Kier alpha value is -1.53. The van der Waals surface area contributed by atoms with E-state index in [0.717, 1.165) is 9.21 Å². The van der Waals surface area contributed by atoms with Gasteiger partial charge in [0.1, 0.15) is 5.82 Å². The van der Waals surface area contributed by atoms with Gasteiger partial charge in [0, 0.05) is 18.0 Å². The van der Waals surface area contributed by atoms with Crippen molar-refractivity contribution in [2.45, 2.75) is 6.54 Å². The van der Waals surface area contributed by atoms with Crippen LogP contribution in [0.3, 0.4) is 0 Å². The molecule has 0 atom stereocenters. The SMILES string of the molecule is COc1cc(N(C)Cc2ccc(Cl)s2)nc(N)n1. The van der Waals surface area contributed by atoms with Crippen LogP contribution in [-0.4, -0.2) is 24.1 Å². The van der Waals surface area contributed by atoms with Crippen LogP contribution in [0.2, 0.25) is 4.34 Å². The van der Waals surface area contributed by atoms with E-state index in [1.165, 1.54) is 0 Å². The number of hydrogen-bond acceptors (Lipinski definition) is 6. The van der Waals surface area contributed by atoms with E-state index in [1.54, 1.807) is 24.5 Å². The predicted molar refractivity (Wildman–Crippen MR) is 74.4 cm³/mol. The molecular weight excluding hydrogens is 272 g/mol. The molecule has 0 bridgehead atoms. The summed E-state index contributed by atoms with van der Waals surface area (Å²) in [5.74, 6) is 1.36. The lowest BCUT2D eigenvalue weighted by molar-refractivity contribution is 0.397. The first-order valence-electron chi connectivity index (χ1n) is 5.22. The molecule has 0 aliphatic rings. The number of nitrogens with two attached hydrogens (primary N) is 1. The molecule has 2 aromatic heterocycles. The van der Waals surface area contributed by atoms with Crippen LogP contribution in [0.4, 0.5) is 11.8 Å². The zero-order chi connectivity index (χ0) is 13.1. The van der Waals surface area contributed by atoms with Gasteiger partial charge in [-0.2, -0.15) is 9.97 Å². The highest BCUT2D eigenvalue weighted by Crippen LogP contribution is 2.25. The van der Waals surface area contributed by atoms with Crippen molar-refractivity contribution < 1.29 is 4.74 Å². The number of rotatable bonds is 4. The molecule has 0 aliphatic carbocycles. The monoisotopic (exact) mass is 284 g/mol. The first kappa shape index (κ1) is 12.9. The van der Waals surface area contributed by atoms with Crippen LogP contribution in [0.15, 0.2) is 18.2 Å². The molecule has 0 amide bonds. The third kappa shape index (κ3) is 3.02. The second kappa shape index (κ2) is 5.41. The Labute approximate surface area is 114 Å². The molecular formula is C11H13ClN4OS. The average molecular weight is 285 g/mol. The molecule has 2 heterocycles. The normalized spacial score (nSPS) is 10.4. The lowest BCUT2D eigenvalue weighted by atomic mass is 10.4. The van der Waals surface area contributed by atoms with Gasteiger partial charge in [-0.15, -0.1) is 11.3 Å². The highest BCUT2D eigenvalue weighted by Gasteiger charge is 2.09. The van der Waals surface area contributed by atoms with E-state index in [2.05, 4.69) is 9.97 Å². The Morgan fingerprint density at radius 2 is 2.22 bits per heavy atom. The summed E-state index contributed by atoms with van der Waals surface area (Å²) in [4.78, 5) is 11.2. The Morgan fingerprint density at radius 1 is 1.44 bits per heavy atom. The number of hydrogen-bond donors (Lipinski definition) is 1. The molecule has 2 N–H and O–H groups in total. The summed E-state index contributed by atoms with van der Waals surface area (Å²) in [7, 11) is 3.47. The van der Waals surface area contributed by atoms with Gasteiger partial charge < -0.3 is 15.4 Å². The van der Waals surface area contributed by atoms with Crippen molar-refractivity contribution in [3.63, 3.8) is 0 Å². The summed E-state index contributed by atoms with van der Waals surface area (Å²) in [6.45, 7) is 0.705. The molecule has 0 spiro atoms. The molecule has 0 saturated carbocycles. The van der Waals surface area contributed by atoms with Crippen molar-refractivity contribution in [3.8, 4) is 5.88 Å². The van der Waals surface area contributed by atoms with Crippen molar-refractivity contribution in [1.82, 2.24) is 9.97 Å². The lowest BCUT2D eigenvalue weighted by Crippen LogP contribution is -2.18. The Kier molecular flexibility index (Phi) is 3.88. The average Bonchev–Trinajstić information content (AvgIpc) is 2.73. The largest absolute Gasteiger partial charge is 0.481 e. The van der Waals surface area contributed by atoms with E-state index in [-0.39, 0.29) is 5.95 Å². The van der Waals surface area contributed by atoms with Crippen LogP contribution in [0, 0.1) is 0 Å². The molecule has 0 aliphatic heterocycles. The summed E-state index contributed by atoms with van der Waals surface area (Å²) in [6.07, 6.45) is 0. The number of nitrogen functional groups attached to an aromatic ring is 1. The van der Waals surface area contributed by atoms with Crippen molar-refractivity contribution in [2.75, 3.05) is 24.8 Å². The number of nitrogens with zero attached hydrogens (tertiary/aromatic N) is 3. The third-order valence-corrected chi connectivity index (χ3v) is 3.54. The molecule has 18 heavy (non-hydrogen) atoms. The first-order valence-corrected chi connectivity index (χ1v) is 6.42.